The standard InChI is InChI=1S/C23H27N5OS/c1-15-3-2-4-16(13-15)20-21(18-7-10-25-22(27-18)26-17-5-6-17)30-19(28-20)14-23(29)8-11-24-12-9-23/h2-4,7,10,13,17,24,29H,5-6,8-9,11-12,14H2,1H3,(H,25,26,27). The second kappa shape index (κ2) is 8.06. The Kier molecular flexibility index (Phi) is 5.26. The fourth-order valence-electron chi connectivity index (χ4n) is 3.92. The molecule has 2 fully saturated rings. The zero-order chi connectivity index (χ0) is 20.6. The van der Waals surface area contributed by atoms with Crippen molar-refractivity contribution in [3.63, 3.8) is 0 Å². The molecule has 1 aliphatic heterocycles. The first kappa shape index (κ1) is 19.6. The number of anilines is 1. The van der Waals surface area contributed by atoms with Crippen molar-refractivity contribution in [1.82, 2.24) is 20.3 Å². The second-order valence-electron chi connectivity index (χ2n) is 8.49. The summed E-state index contributed by atoms with van der Waals surface area (Å²) < 4.78 is 0. The van der Waals surface area contributed by atoms with Crippen LogP contribution in [0.2, 0.25) is 0 Å². The summed E-state index contributed by atoms with van der Waals surface area (Å²) >= 11 is 1.64. The predicted octanol–water partition coefficient (Wildman–Crippen LogP) is 3.81. The van der Waals surface area contributed by atoms with Crippen LogP contribution in [0.25, 0.3) is 21.8 Å². The number of piperidine rings is 1. The van der Waals surface area contributed by atoms with Crippen LogP contribution in [0, 0.1) is 6.92 Å². The number of rotatable bonds is 6. The molecule has 5 rings (SSSR count). The highest BCUT2D eigenvalue weighted by Gasteiger charge is 2.31. The fourth-order valence-corrected chi connectivity index (χ4v) is 5.11. The topological polar surface area (TPSA) is 83.0 Å². The van der Waals surface area contributed by atoms with Crippen molar-refractivity contribution in [3.8, 4) is 21.8 Å². The number of hydrogen-bond donors (Lipinski definition) is 3. The maximum absolute atomic E-state index is 11.1. The van der Waals surface area contributed by atoms with Crippen LogP contribution in [0.4, 0.5) is 5.95 Å². The number of thiazole rings is 1. The van der Waals surface area contributed by atoms with Crippen molar-refractivity contribution in [3.05, 3.63) is 47.1 Å². The minimum Gasteiger partial charge on any atom is -0.389 e. The molecule has 2 aliphatic rings. The lowest BCUT2D eigenvalue weighted by Gasteiger charge is -2.31. The van der Waals surface area contributed by atoms with Crippen LogP contribution in [0.3, 0.4) is 0 Å². The number of aryl methyl sites for hydroxylation is 1. The van der Waals surface area contributed by atoms with Gasteiger partial charge in [0.2, 0.25) is 5.95 Å². The molecule has 7 heteroatoms. The highest BCUT2D eigenvalue weighted by Crippen LogP contribution is 2.38. The average Bonchev–Trinajstić information content (AvgIpc) is 3.45. The molecule has 0 bridgehead atoms. The molecule has 1 saturated heterocycles. The fraction of sp³-hybridized carbons (Fsp3) is 0.435. The molecule has 30 heavy (non-hydrogen) atoms. The van der Waals surface area contributed by atoms with Gasteiger partial charge < -0.3 is 15.7 Å². The molecule has 0 unspecified atom stereocenters. The number of aromatic nitrogens is 3. The second-order valence-corrected chi connectivity index (χ2v) is 9.57. The van der Waals surface area contributed by atoms with E-state index in [0.717, 1.165) is 52.8 Å². The lowest BCUT2D eigenvalue weighted by atomic mass is 9.89. The number of nitrogens with zero attached hydrogens (tertiary/aromatic N) is 3. The Morgan fingerprint density at radius 3 is 2.80 bits per heavy atom. The molecular weight excluding hydrogens is 394 g/mol. The maximum Gasteiger partial charge on any atom is 0.223 e. The Bertz CT molecular complexity index is 1040. The summed E-state index contributed by atoms with van der Waals surface area (Å²) in [5.74, 6) is 0.678. The first-order valence-corrected chi connectivity index (χ1v) is 11.5. The Hall–Kier alpha value is -2.35. The van der Waals surface area contributed by atoms with E-state index in [0.29, 0.717) is 18.4 Å². The lowest BCUT2D eigenvalue weighted by molar-refractivity contribution is 0.0108. The van der Waals surface area contributed by atoms with Crippen molar-refractivity contribution >= 4 is 17.3 Å². The number of benzene rings is 1. The van der Waals surface area contributed by atoms with Gasteiger partial charge >= 0.3 is 0 Å². The molecule has 3 heterocycles. The molecule has 0 radical (unpaired) electrons. The third-order valence-corrected chi connectivity index (χ3v) is 6.85. The summed E-state index contributed by atoms with van der Waals surface area (Å²) in [6, 6.07) is 10.9. The SMILES string of the molecule is Cc1cccc(-c2nc(CC3(O)CCNCC3)sc2-c2ccnc(NC3CC3)n2)c1. The smallest absolute Gasteiger partial charge is 0.223 e. The van der Waals surface area contributed by atoms with Gasteiger partial charge in [0.1, 0.15) is 0 Å². The summed E-state index contributed by atoms with van der Waals surface area (Å²) in [4.78, 5) is 15.2. The van der Waals surface area contributed by atoms with Crippen molar-refractivity contribution < 1.29 is 5.11 Å². The van der Waals surface area contributed by atoms with E-state index in [2.05, 4.69) is 46.8 Å². The molecule has 1 saturated carbocycles. The van der Waals surface area contributed by atoms with Gasteiger partial charge in [-0.3, -0.25) is 0 Å². The summed E-state index contributed by atoms with van der Waals surface area (Å²) in [6.45, 7) is 3.79. The van der Waals surface area contributed by atoms with E-state index in [1.54, 1.807) is 11.3 Å². The number of aliphatic hydroxyl groups is 1. The van der Waals surface area contributed by atoms with E-state index in [1.807, 2.05) is 12.3 Å². The van der Waals surface area contributed by atoms with Crippen LogP contribution in [0.15, 0.2) is 36.5 Å². The predicted molar refractivity (Wildman–Crippen MR) is 121 cm³/mol. The summed E-state index contributed by atoms with van der Waals surface area (Å²) in [6.07, 6.45) is 6.26. The minimum absolute atomic E-state index is 0.502. The Labute approximate surface area is 180 Å². The van der Waals surface area contributed by atoms with Gasteiger partial charge in [-0.25, -0.2) is 15.0 Å². The summed E-state index contributed by atoms with van der Waals surface area (Å²) in [5, 5.41) is 18.7. The average molecular weight is 422 g/mol. The third kappa shape index (κ3) is 4.38. The van der Waals surface area contributed by atoms with Crippen LogP contribution in [0.1, 0.15) is 36.3 Å². The van der Waals surface area contributed by atoms with E-state index < -0.39 is 5.60 Å². The molecule has 1 aliphatic carbocycles. The molecule has 0 atom stereocenters. The quantitative estimate of drug-likeness (QED) is 0.561. The molecule has 156 valence electrons. The van der Waals surface area contributed by atoms with Crippen LogP contribution in [-0.4, -0.2) is 44.8 Å². The van der Waals surface area contributed by atoms with E-state index in [9.17, 15) is 5.11 Å². The highest BCUT2D eigenvalue weighted by molar-refractivity contribution is 7.15. The van der Waals surface area contributed by atoms with Crippen LogP contribution in [0.5, 0.6) is 0 Å². The van der Waals surface area contributed by atoms with Gasteiger partial charge in [-0.05, 0) is 57.8 Å². The summed E-state index contributed by atoms with van der Waals surface area (Å²) in [7, 11) is 0. The first-order valence-electron chi connectivity index (χ1n) is 10.7. The van der Waals surface area contributed by atoms with Crippen LogP contribution >= 0.6 is 11.3 Å². The molecule has 2 aromatic heterocycles. The third-order valence-electron chi connectivity index (χ3n) is 5.78. The maximum atomic E-state index is 11.1. The van der Waals surface area contributed by atoms with Crippen LogP contribution < -0.4 is 10.6 Å². The normalized spacial score (nSPS) is 18.3. The van der Waals surface area contributed by atoms with Crippen molar-refractivity contribution in [1.29, 1.82) is 0 Å². The molecule has 0 amide bonds. The Balaban J connectivity index is 1.53. The van der Waals surface area contributed by atoms with Crippen molar-refractivity contribution in [2.24, 2.45) is 0 Å². The van der Waals surface area contributed by atoms with Gasteiger partial charge in [-0.15, -0.1) is 11.3 Å². The number of nitrogens with one attached hydrogen (secondary N) is 2. The van der Waals surface area contributed by atoms with Gasteiger partial charge in [0.25, 0.3) is 0 Å². The highest BCUT2D eigenvalue weighted by atomic mass is 32.1. The Morgan fingerprint density at radius 2 is 2.03 bits per heavy atom. The van der Waals surface area contributed by atoms with E-state index in [1.165, 1.54) is 18.4 Å². The molecule has 3 N–H and O–H groups in total. The first-order chi connectivity index (χ1) is 14.6. The van der Waals surface area contributed by atoms with Gasteiger partial charge in [0, 0.05) is 24.2 Å². The summed E-state index contributed by atoms with van der Waals surface area (Å²) in [5.41, 5.74) is 3.41. The molecule has 3 aromatic rings. The lowest BCUT2D eigenvalue weighted by Crippen LogP contribution is -2.43. The largest absolute Gasteiger partial charge is 0.389 e. The van der Waals surface area contributed by atoms with Crippen molar-refractivity contribution in [2.45, 2.75) is 50.7 Å². The van der Waals surface area contributed by atoms with Gasteiger partial charge in [-0.2, -0.15) is 0 Å². The Morgan fingerprint density at radius 1 is 1.20 bits per heavy atom. The monoisotopic (exact) mass is 421 g/mol. The minimum atomic E-state index is -0.686. The molecule has 0 spiro atoms. The molecule has 6 nitrogen and oxygen atoms in total. The van der Waals surface area contributed by atoms with Gasteiger partial charge in [-0.1, -0.05) is 23.8 Å². The van der Waals surface area contributed by atoms with Crippen molar-refractivity contribution in [2.75, 3.05) is 18.4 Å². The van der Waals surface area contributed by atoms with Crippen LogP contribution in [-0.2, 0) is 6.42 Å². The molecular formula is C23H27N5OS. The zero-order valence-corrected chi connectivity index (χ0v) is 18.0. The van der Waals surface area contributed by atoms with E-state index in [4.69, 9.17) is 9.97 Å². The van der Waals surface area contributed by atoms with E-state index >= 15 is 0 Å². The van der Waals surface area contributed by atoms with E-state index in [-0.39, 0.29) is 0 Å². The molecule has 1 aromatic carbocycles. The van der Waals surface area contributed by atoms with Gasteiger partial charge in [0.05, 0.1) is 26.9 Å². The zero-order valence-electron chi connectivity index (χ0n) is 17.2. The number of hydrogen-bond acceptors (Lipinski definition) is 7. The van der Waals surface area contributed by atoms with Gasteiger partial charge in [0.15, 0.2) is 0 Å².